The summed E-state index contributed by atoms with van der Waals surface area (Å²) in [4.78, 5) is 8.42. The van der Waals surface area contributed by atoms with Gasteiger partial charge >= 0.3 is 0 Å². The monoisotopic (exact) mass is 291 g/mol. The lowest BCUT2D eigenvalue weighted by Gasteiger charge is -2.38. The van der Waals surface area contributed by atoms with Crippen LogP contribution in [0.4, 0.5) is 0 Å². The maximum atomic E-state index is 6.17. The number of nitrogens with zero attached hydrogens (tertiary/aromatic N) is 2. The minimum Gasteiger partial charge on any atom is -0.362 e. The smallest absolute Gasteiger partial charge is 0.148 e. The van der Waals surface area contributed by atoms with E-state index < -0.39 is 5.60 Å². The van der Waals surface area contributed by atoms with Gasteiger partial charge in [0.05, 0.1) is 12.3 Å². The molecule has 0 radical (unpaired) electrons. The zero-order valence-corrected chi connectivity index (χ0v) is 12.2. The van der Waals surface area contributed by atoms with E-state index in [1.165, 1.54) is 11.1 Å². The van der Waals surface area contributed by atoms with Crippen LogP contribution in [-0.2, 0) is 16.8 Å². The molecule has 0 saturated heterocycles. The van der Waals surface area contributed by atoms with Gasteiger partial charge in [0.2, 0.25) is 0 Å². The van der Waals surface area contributed by atoms with Gasteiger partial charge in [0.25, 0.3) is 0 Å². The molecule has 0 fully saturated rings. The quantitative estimate of drug-likeness (QED) is 0.939. The predicted octanol–water partition coefficient (Wildman–Crippen LogP) is 1.93. The molecule has 1 aliphatic heterocycles. The Morgan fingerprint density at radius 2 is 2.15 bits per heavy atom. The molecule has 20 heavy (non-hydrogen) atoms. The summed E-state index contributed by atoms with van der Waals surface area (Å²) in [5.74, 6) is 0. The summed E-state index contributed by atoms with van der Waals surface area (Å²) in [7, 11) is 1.93. The summed E-state index contributed by atoms with van der Waals surface area (Å²) in [6, 6.07) is 10.4. The van der Waals surface area contributed by atoms with Crippen LogP contribution in [0, 0.1) is 0 Å². The second-order valence-electron chi connectivity index (χ2n) is 4.71. The van der Waals surface area contributed by atoms with E-state index in [1.807, 2.05) is 13.1 Å². The first kappa shape index (κ1) is 14.9. The zero-order valence-electron chi connectivity index (χ0n) is 11.4. The highest BCUT2D eigenvalue weighted by Gasteiger charge is 2.40. The van der Waals surface area contributed by atoms with Crippen molar-refractivity contribution in [1.29, 1.82) is 0 Å². The van der Waals surface area contributed by atoms with Crippen LogP contribution in [0.1, 0.15) is 16.8 Å². The van der Waals surface area contributed by atoms with Crippen molar-refractivity contribution in [3.8, 4) is 0 Å². The molecule has 1 aromatic heterocycles. The first-order valence-corrected chi connectivity index (χ1v) is 6.50. The molecule has 0 amide bonds. The molecule has 1 N–H and O–H groups in total. The second kappa shape index (κ2) is 6.31. The Morgan fingerprint density at radius 3 is 2.90 bits per heavy atom. The second-order valence-corrected chi connectivity index (χ2v) is 4.71. The van der Waals surface area contributed by atoms with Crippen LogP contribution < -0.4 is 5.32 Å². The first-order valence-electron chi connectivity index (χ1n) is 6.50. The number of hydrogen-bond donors (Lipinski definition) is 1. The van der Waals surface area contributed by atoms with Crippen LogP contribution in [0.15, 0.2) is 42.9 Å². The largest absolute Gasteiger partial charge is 0.362 e. The Balaban J connectivity index is 0.00000147. The molecule has 0 aliphatic carbocycles. The van der Waals surface area contributed by atoms with Crippen LogP contribution in [-0.4, -0.2) is 30.2 Å². The summed E-state index contributed by atoms with van der Waals surface area (Å²) in [6.45, 7) is 1.41. The van der Waals surface area contributed by atoms with Crippen molar-refractivity contribution < 1.29 is 4.74 Å². The van der Waals surface area contributed by atoms with Crippen molar-refractivity contribution in [2.75, 3.05) is 20.2 Å². The summed E-state index contributed by atoms with van der Waals surface area (Å²) in [5.41, 5.74) is 2.94. The van der Waals surface area contributed by atoms with Crippen LogP contribution in [0.3, 0.4) is 0 Å². The molecular formula is C15H18ClN3O. The minimum atomic E-state index is -0.507. The van der Waals surface area contributed by atoms with Gasteiger partial charge in [-0.2, -0.15) is 0 Å². The molecule has 5 heteroatoms. The average Bonchev–Trinajstić information content (AvgIpc) is 2.49. The van der Waals surface area contributed by atoms with E-state index in [0.29, 0.717) is 13.2 Å². The van der Waals surface area contributed by atoms with Gasteiger partial charge in [-0.1, -0.05) is 24.3 Å². The number of nitrogens with one attached hydrogen (secondary N) is 1. The predicted molar refractivity (Wildman–Crippen MR) is 80.1 cm³/mol. The lowest BCUT2D eigenvalue weighted by atomic mass is 9.83. The van der Waals surface area contributed by atoms with Gasteiger partial charge in [-0.25, -0.2) is 9.97 Å². The van der Waals surface area contributed by atoms with E-state index in [4.69, 9.17) is 4.74 Å². The molecule has 1 aliphatic rings. The number of likely N-dealkylation sites (N-methyl/N-ethyl adjacent to an activating group) is 1. The Bertz CT molecular complexity index is 564. The van der Waals surface area contributed by atoms with E-state index in [2.05, 4.69) is 39.6 Å². The van der Waals surface area contributed by atoms with Gasteiger partial charge < -0.3 is 10.1 Å². The Morgan fingerprint density at radius 1 is 1.30 bits per heavy atom. The summed E-state index contributed by atoms with van der Waals surface area (Å²) >= 11 is 0. The van der Waals surface area contributed by atoms with Crippen LogP contribution in [0.5, 0.6) is 0 Å². The van der Waals surface area contributed by atoms with Gasteiger partial charge in [0.1, 0.15) is 11.9 Å². The topological polar surface area (TPSA) is 47.0 Å². The SMILES string of the molecule is CNC[C@@]1(c2ccncn2)OCCc2ccccc21.Cl. The van der Waals surface area contributed by atoms with E-state index in [9.17, 15) is 0 Å². The number of rotatable bonds is 3. The molecule has 1 aromatic carbocycles. The third-order valence-corrected chi connectivity index (χ3v) is 3.59. The van der Waals surface area contributed by atoms with Crippen molar-refractivity contribution in [3.63, 3.8) is 0 Å². The Kier molecular flexibility index (Phi) is 4.70. The van der Waals surface area contributed by atoms with Crippen LogP contribution in [0.2, 0.25) is 0 Å². The molecule has 1 atom stereocenters. The van der Waals surface area contributed by atoms with Crippen molar-refractivity contribution >= 4 is 12.4 Å². The number of aromatic nitrogens is 2. The molecule has 0 unspecified atom stereocenters. The van der Waals surface area contributed by atoms with E-state index in [1.54, 1.807) is 12.5 Å². The zero-order chi connectivity index (χ0) is 13.1. The van der Waals surface area contributed by atoms with Crippen molar-refractivity contribution in [2.45, 2.75) is 12.0 Å². The number of hydrogen-bond acceptors (Lipinski definition) is 4. The molecule has 0 saturated carbocycles. The molecular weight excluding hydrogens is 274 g/mol. The molecule has 2 aromatic rings. The molecule has 4 nitrogen and oxygen atoms in total. The van der Waals surface area contributed by atoms with Gasteiger partial charge in [-0.15, -0.1) is 12.4 Å². The molecule has 0 bridgehead atoms. The Labute approximate surface area is 125 Å². The number of ether oxygens (including phenoxy) is 1. The fraction of sp³-hybridized carbons (Fsp3) is 0.333. The van der Waals surface area contributed by atoms with Crippen molar-refractivity contribution in [1.82, 2.24) is 15.3 Å². The fourth-order valence-corrected chi connectivity index (χ4v) is 2.77. The lowest BCUT2D eigenvalue weighted by Crippen LogP contribution is -2.44. The average molecular weight is 292 g/mol. The van der Waals surface area contributed by atoms with E-state index in [0.717, 1.165) is 12.1 Å². The highest BCUT2D eigenvalue weighted by molar-refractivity contribution is 5.85. The number of fused-ring (bicyclic) bond motifs is 1. The standard InChI is InChI=1S/C15H17N3O.ClH/c1-16-10-15(14-6-8-17-11-18-14)13-5-3-2-4-12(13)7-9-19-15;/h2-6,8,11,16H,7,9-10H2,1H3;1H/t15-;/m1./s1. The number of benzene rings is 1. The van der Waals surface area contributed by atoms with Crippen molar-refractivity contribution in [3.05, 3.63) is 59.7 Å². The lowest BCUT2D eigenvalue weighted by molar-refractivity contribution is -0.0294. The van der Waals surface area contributed by atoms with Gasteiger partial charge in [-0.3, -0.25) is 0 Å². The molecule has 2 heterocycles. The third-order valence-electron chi connectivity index (χ3n) is 3.59. The highest BCUT2D eigenvalue weighted by Crippen LogP contribution is 2.37. The van der Waals surface area contributed by atoms with Gasteiger partial charge in [0.15, 0.2) is 0 Å². The summed E-state index contributed by atoms with van der Waals surface area (Å²) in [5, 5.41) is 3.23. The summed E-state index contributed by atoms with van der Waals surface area (Å²) in [6.07, 6.45) is 4.29. The van der Waals surface area contributed by atoms with Crippen LogP contribution >= 0.6 is 12.4 Å². The maximum Gasteiger partial charge on any atom is 0.148 e. The third kappa shape index (κ3) is 2.42. The normalized spacial score (nSPS) is 20.9. The van der Waals surface area contributed by atoms with E-state index >= 15 is 0 Å². The first-order chi connectivity index (χ1) is 9.37. The maximum absolute atomic E-state index is 6.17. The number of halogens is 1. The van der Waals surface area contributed by atoms with Crippen molar-refractivity contribution in [2.24, 2.45) is 0 Å². The molecule has 3 rings (SSSR count). The van der Waals surface area contributed by atoms with E-state index in [-0.39, 0.29) is 12.4 Å². The highest BCUT2D eigenvalue weighted by atomic mass is 35.5. The van der Waals surface area contributed by atoms with Crippen LogP contribution in [0.25, 0.3) is 0 Å². The van der Waals surface area contributed by atoms with Gasteiger partial charge in [-0.05, 0) is 30.7 Å². The van der Waals surface area contributed by atoms with Gasteiger partial charge in [0, 0.05) is 12.7 Å². The molecule has 0 spiro atoms. The molecule has 106 valence electrons. The fourth-order valence-electron chi connectivity index (χ4n) is 2.77. The Hall–Kier alpha value is -1.49. The summed E-state index contributed by atoms with van der Waals surface area (Å²) < 4.78 is 6.17. The minimum absolute atomic E-state index is 0.